The Kier molecular flexibility index (Phi) is 4.60. The molecule has 14 heavy (non-hydrogen) atoms. The molecule has 0 aromatic carbocycles. The standard InChI is InChI=1S/C10H18O4/c1-5-7(8(11)12)6-14-9(13)10(2,3)4/h7H,5-6H2,1-4H3,(H,11,12)/p-1. The van der Waals surface area contributed by atoms with Crippen LogP contribution in [0.3, 0.4) is 0 Å². The fraction of sp³-hybridized carbons (Fsp3) is 0.800. The van der Waals surface area contributed by atoms with Crippen molar-refractivity contribution in [2.24, 2.45) is 11.3 Å². The SMILES string of the molecule is CCC(COC(=O)C(C)(C)C)C(=O)[O-]. The predicted octanol–water partition coefficient (Wildman–Crippen LogP) is 0.352. The minimum absolute atomic E-state index is 0.102. The van der Waals surface area contributed by atoms with E-state index in [4.69, 9.17) is 4.74 Å². The number of hydrogen-bond donors (Lipinski definition) is 0. The van der Waals surface area contributed by atoms with E-state index < -0.39 is 23.3 Å². The van der Waals surface area contributed by atoms with Gasteiger partial charge in [-0.3, -0.25) is 4.79 Å². The normalized spacial score (nSPS) is 13.4. The zero-order valence-electron chi connectivity index (χ0n) is 9.12. The molecular weight excluding hydrogens is 184 g/mol. The van der Waals surface area contributed by atoms with E-state index in [0.29, 0.717) is 6.42 Å². The molecule has 0 spiro atoms. The lowest BCUT2D eigenvalue weighted by Crippen LogP contribution is -2.35. The van der Waals surface area contributed by atoms with Gasteiger partial charge in [0.2, 0.25) is 0 Å². The first-order chi connectivity index (χ1) is 6.29. The number of carbonyl (C=O) groups is 2. The van der Waals surface area contributed by atoms with E-state index in [9.17, 15) is 14.7 Å². The van der Waals surface area contributed by atoms with Gasteiger partial charge in [0.05, 0.1) is 12.0 Å². The van der Waals surface area contributed by atoms with Gasteiger partial charge in [-0.05, 0) is 27.2 Å². The molecule has 1 atom stereocenters. The summed E-state index contributed by atoms with van der Waals surface area (Å²) < 4.78 is 4.86. The van der Waals surface area contributed by atoms with E-state index in [0.717, 1.165) is 0 Å². The van der Waals surface area contributed by atoms with Crippen LogP contribution in [-0.4, -0.2) is 18.5 Å². The summed E-state index contributed by atoms with van der Waals surface area (Å²) >= 11 is 0. The Balaban J connectivity index is 4.05. The Morgan fingerprint density at radius 1 is 1.36 bits per heavy atom. The molecule has 0 aromatic heterocycles. The third-order valence-corrected chi connectivity index (χ3v) is 1.85. The molecule has 82 valence electrons. The van der Waals surface area contributed by atoms with Crippen molar-refractivity contribution in [3.8, 4) is 0 Å². The van der Waals surface area contributed by atoms with Gasteiger partial charge in [-0.15, -0.1) is 0 Å². The maximum atomic E-state index is 11.3. The second-order valence-corrected chi connectivity index (χ2v) is 4.27. The molecule has 0 rings (SSSR count). The van der Waals surface area contributed by atoms with Crippen LogP contribution in [0.5, 0.6) is 0 Å². The van der Waals surface area contributed by atoms with Crippen molar-refractivity contribution < 1.29 is 19.4 Å². The summed E-state index contributed by atoms with van der Waals surface area (Å²) in [4.78, 5) is 21.8. The lowest BCUT2D eigenvalue weighted by molar-refractivity contribution is -0.312. The van der Waals surface area contributed by atoms with Crippen LogP contribution < -0.4 is 5.11 Å². The Hall–Kier alpha value is -1.06. The lowest BCUT2D eigenvalue weighted by atomic mass is 9.97. The third-order valence-electron chi connectivity index (χ3n) is 1.85. The van der Waals surface area contributed by atoms with E-state index in [1.54, 1.807) is 27.7 Å². The fourth-order valence-corrected chi connectivity index (χ4v) is 0.745. The molecule has 0 N–H and O–H groups in total. The van der Waals surface area contributed by atoms with Crippen molar-refractivity contribution in [2.75, 3.05) is 6.61 Å². The number of ether oxygens (including phenoxy) is 1. The smallest absolute Gasteiger partial charge is 0.311 e. The highest BCUT2D eigenvalue weighted by Gasteiger charge is 2.24. The first-order valence-electron chi connectivity index (χ1n) is 4.67. The minimum Gasteiger partial charge on any atom is -0.550 e. The largest absolute Gasteiger partial charge is 0.550 e. The molecule has 0 aliphatic rings. The van der Waals surface area contributed by atoms with Gasteiger partial charge in [0.1, 0.15) is 0 Å². The van der Waals surface area contributed by atoms with Crippen LogP contribution in [0.25, 0.3) is 0 Å². The maximum absolute atomic E-state index is 11.3. The molecule has 0 amide bonds. The van der Waals surface area contributed by atoms with Crippen LogP contribution in [0.15, 0.2) is 0 Å². The predicted molar refractivity (Wildman–Crippen MR) is 49.2 cm³/mol. The molecule has 0 aliphatic heterocycles. The summed E-state index contributed by atoms with van der Waals surface area (Å²) in [6.45, 7) is 6.76. The summed E-state index contributed by atoms with van der Waals surface area (Å²) in [7, 11) is 0. The molecule has 0 saturated carbocycles. The molecular formula is C10H17O4-. The van der Waals surface area contributed by atoms with Crippen molar-refractivity contribution in [3.63, 3.8) is 0 Å². The average molecular weight is 201 g/mol. The van der Waals surface area contributed by atoms with Crippen molar-refractivity contribution in [1.29, 1.82) is 0 Å². The quantitative estimate of drug-likeness (QED) is 0.616. The number of carboxylic acid groups (broad SMARTS) is 1. The fourth-order valence-electron chi connectivity index (χ4n) is 0.745. The Bertz CT molecular complexity index is 215. The third kappa shape index (κ3) is 4.25. The van der Waals surface area contributed by atoms with E-state index in [1.165, 1.54) is 0 Å². The molecule has 0 aromatic rings. The highest BCUT2D eigenvalue weighted by molar-refractivity contribution is 5.76. The van der Waals surface area contributed by atoms with Gasteiger partial charge in [-0.1, -0.05) is 6.92 Å². The average Bonchev–Trinajstić information content (AvgIpc) is 2.02. The first-order valence-corrected chi connectivity index (χ1v) is 4.67. The Morgan fingerprint density at radius 3 is 2.14 bits per heavy atom. The molecule has 0 radical (unpaired) electrons. The van der Waals surface area contributed by atoms with Crippen LogP contribution in [0, 0.1) is 11.3 Å². The number of hydrogen-bond acceptors (Lipinski definition) is 4. The van der Waals surface area contributed by atoms with E-state index in [1.807, 2.05) is 0 Å². The highest BCUT2D eigenvalue weighted by Crippen LogP contribution is 2.16. The number of esters is 1. The van der Waals surface area contributed by atoms with Crippen molar-refractivity contribution in [1.82, 2.24) is 0 Å². The highest BCUT2D eigenvalue weighted by atomic mass is 16.5. The van der Waals surface area contributed by atoms with Crippen LogP contribution in [0.4, 0.5) is 0 Å². The number of aliphatic carboxylic acids is 1. The Labute approximate surface area is 84.3 Å². The van der Waals surface area contributed by atoms with Crippen LogP contribution in [-0.2, 0) is 14.3 Å². The molecule has 1 unspecified atom stereocenters. The molecule has 0 heterocycles. The molecule has 0 fully saturated rings. The van der Waals surface area contributed by atoms with Crippen molar-refractivity contribution in [3.05, 3.63) is 0 Å². The zero-order chi connectivity index (χ0) is 11.4. The van der Waals surface area contributed by atoms with Crippen LogP contribution >= 0.6 is 0 Å². The van der Waals surface area contributed by atoms with Gasteiger partial charge in [-0.25, -0.2) is 0 Å². The summed E-state index contributed by atoms with van der Waals surface area (Å²) in [6, 6.07) is 0. The molecule has 4 heteroatoms. The van der Waals surface area contributed by atoms with Crippen molar-refractivity contribution >= 4 is 11.9 Å². The summed E-state index contributed by atoms with van der Waals surface area (Å²) in [5.74, 6) is -2.27. The van der Waals surface area contributed by atoms with Crippen molar-refractivity contribution in [2.45, 2.75) is 34.1 Å². The minimum atomic E-state index is -1.17. The van der Waals surface area contributed by atoms with Gasteiger partial charge in [0.25, 0.3) is 0 Å². The van der Waals surface area contributed by atoms with Gasteiger partial charge in [0, 0.05) is 11.9 Å². The van der Waals surface area contributed by atoms with Crippen LogP contribution in [0.1, 0.15) is 34.1 Å². The van der Waals surface area contributed by atoms with E-state index in [-0.39, 0.29) is 6.61 Å². The second-order valence-electron chi connectivity index (χ2n) is 4.27. The van der Waals surface area contributed by atoms with Gasteiger partial charge >= 0.3 is 5.97 Å². The Morgan fingerprint density at radius 2 is 1.86 bits per heavy atom. The van der Waals surface area contributed by atoms with Gasteiger partial charge in [0.15, 0.2) is 0 Å². The molecule has 0 saturated heterocycles. The summed E-state index contributed by atoms with van der Waals surface area (Å²) in [6.07, 6.45) is 0.403. The molecule has 0 bridgehead atoms. The number of rotatable bonds is 4. The topological polar surface area (TPSA) is 66.4 Å². The first kappa shape index (κ1) is 12.9. The molecule has 0 aliphatic carbocycles. The van der Waals surface area contributed by atoms with Gasteiger partial charge in [-0.2, -0.15) is 0 Å². The number of carboxylic acids is 1. The summed E-state index contributed by atoms with van der Waals surface area (Å²) in [5.41, 5.74) is -0.593. The van der Waals surface area contributed by atoms with Gasteiger partial charge < -0.3 is 14.6 Å². The monoisotopic (exact) mass is 201 g/mol. The van der Waals surface area contributed by atoms with E-state index in [2.05, 4.69) is 0 Å². The van der Waals surface area contributed by atoms with Crippen LogP contribution in [0.2, 0.25) is 0 Å². The lowest BCUT2D eigenvalue weighted by Gasteiger charge is -2.20. The second kappa shape index (κ2) is 4.98. The molecule has 4 nitrogen and oxygen atoms in total. The van der Waals surface area contributed by atoms with E-state index >= 15 is 0 Å². The number of carbonyl (C=O) groups excluding carboxylic acids is 2. The zero-order valence-corrected chi connectivity index (χ0v) is 9.12. The maximum Gasteiger partial charge on any atom is 0.311 e. The summed E-state index contributed by atoms with van der Waals surface area (Å²) in [5, 5.41) is 10.5.